The van der Waals surface area contributed by atoms with E-state index in [2.05, 4.69) is 204 Å². The summed E-state index contributed by atoms with van der Waals surface area (Å²) in [5, 5.41) is 7.22. The first-order chi connectivity index (χ1) is 27.3. The van der Waals surface area contributed by atoms with Gasteiger partial charge in [-0.15, -0.1) is 0 Å². The molecule has 2 heterocycles. The number of fused-ring (bicyclic) bond motifs is 8. The molecule has 0 unspecified atom stereocenters. The SMILES string of the molecule is c1ccc(-c2ccccc2N(c2cccc(-c3ccc4c(ccc5c4c4ccccc4n5-c4ccccc4)c3)c2)c2ccc3oc4ccccc4c3c2)cc1. The summed E-state index contributed by atoms with van der Waals surface area (Å²) in [5.74, 6) is 0. The van der Waals surface area contributed by atoms with Gasteiger partial charge >= 0.3 is 0 Å². The standard InChI is InChI=1S/C52H34N2O/c1-3-14-35(15-4-1)42-20-7-10-23-47(42)53(41-28-31-51-46(34-41)44-21-9-12-25-50(44)55-51)40-19-13-16-36(33-40)37-26-29-43-38(32-37)27-30-49-52(43)45-22-8-11-24-48(45)54(49)39-17-5-2-6-18-39/h1-34H. The van der Waals surface area contributed by atoms with Crippen molar-refractivity contribution in [3.63, 3.8) is 0 Å². The molecule has 0 amide bonds. The predicted octanol–water partition coefficient (Wildman–Crippen LogP) is 14.6. The molecule has 0 saturated carbocycles. The molecule has 0 N–H and O–H groups in total. The second-order valence-electron chi connectivity index (χ2n) is 14.1. The maximum absolute atomic E-state index is 6.26. The highest BCUT2D eigenvalue weighted by Gasteiger charge is 2.20. The Bertz CT molecular complexity index is 3210. The molecule has 0 aliphatic heterocycles. The molecular weight excluding hydrogens is 669 g/mol. The molecule has 3 nitrogen and oxygen atoms in total. The molecule has 0 saturated heterocycles. The monoisotopic (exact) mass is 702 g/mol. The molecule has 0 aliphatic rings. The van der Waals surface area contributed by atoms with Gasteiger partial charge in [-0.25, -0.2) is 0 Å². The number of rotatable bonds is 6. The Hall–Kier alpha value is -7.36. The van der Waals surface area contributed by atoms with E-state index in [4.69, 9.17) is 4.42 Å². The van der Waals surface area contributed by atoms with Crippen LogP contribution in [0.3, 0.4) is 0 Å². The maximum atomic E-state index is 6.26. The van der Waals surface area contributed by atoms with Crippen LogP contribution >= 0.6 is 0 Å². The number of benzene rings is 9. The van der Waals surface area contributed by atoms with Gasteiger partial charge in [0.1, 0.15) is 11.2 Å². The molecule has 3 heteroatoms. The van der Waals surface area contributed by atoms with E-state index >= 15 is 0 Å². The summed E-state index contributed by atoms with van der Waals surface area (Å²) < 4.78 is 8.64. The summed E-state index contributed by atoms with van der Waals surface area (Å²) in [4.78, 5) is 2.38. The Morgan fingerprint density at radius 1 is 0.382 bits per heavy atom. The first kappa shape index (κ1) is 31.2. The highest BCUT2D eigenvalue weighted by Crippen LogP contribution is 2.44. The Balaban J connectivity index is 1.08. The van der Waals surface area contributed by atoms with Crippen molar-refractivity contribution in [3.8, 4) is 27.9 Å². The zero-order chi connectivity index (χ0) is 36.3. The summed E-state index contributed by atoms with van der Waals surface area (Å²) in [6.45, 7) is 0. The summed E-state index contributed by atoms with van der Waals surface area (Å²) in [6, 6.07) is 74.0. The number of nitrogens with zero attached hydrogens (tertiary/aromatic N) is 2. The lowest BCUT2D eigenvalue weighted by atomic mass is 9.97. The second kappa shape index (κ2) is 12.6. The molecule has 2 aromatic heterocycles. The lowest BCUT2D eigenvalue weighted by Crippen LogP contribution is -2.11. The molecule has 9 aromatic carbocycles. The van der Waals surface area contributed by atoms with Crippen LogP contribution in [0.25, 0.3) is 82.5 Å². The third kappa shape index (κ3) is 5.13. The van der Waals surface area contributed by atoms with Crippen LogP contribution in [0.5, 0.6) is 0 Å². The van der Waals surface area contributed by atoms with Gasteiger partial charge in [-0.05, 0) is 100 Å². The van der Waals surface area contributed by atoms with Crippen molar-refractivity contribution in [1.29, 1.82) is 0 Å². The van der Waals surface area contributed by atoms with Crippen molar-refractivity contribution in [2.75, 3.05) is 4.90 Å². The van der Waals surface area contributed by atoms with Crippen molar-refractivity contribution in [2.45, 2.75) is 0 Å². The first-order valence-corrected chi connectivity index (χ1v) is 18.8. The van der Waals surface area contributed by atoms with Gasteiger partial charge in [-0.1, -0.05) is 133 Å². The normalized spacial score (nSPS) is 11.6. The van der Waals surface area contributed by atoms with Gasteiger partial charge in [0.05, 0.1) is 16.7 Å². The molecule has 0 spiro atoms. The number of anilines is 3. The predicted molar refractivity (Wildman–Crippen MR) is 231 cm³/mol. The lowest BCUT2D eigenvalue weighted by Gasteiger charge is -2.28. The van der Waals surface area contributed by atoms with Crippen molar-refractivity contribution < 1.29 is 4.42 Å². The number of para-hydroxylation sites is 4. The summed E-state index contributed by atoms with van der Waals surface area (Å²) in [7, 11) is 0. The molecule has 0 aliphatic carbocycles. The van der Waals surface area contributed by atoms with Gasteiger partial charge in [0, 0.05) is 44.2 Å². The van der Waals surface area contributed by atoms with E-state index in [-0.39, 0.29) is 0 Å². The molecule has 0 radical (unpaired) electrons. The van der Waals surface area contributed by atoms with Crippen molar-refractivity contribution in [3.05, 3.63) is 206 Å². The molecule has 55 heavy (non-hydrogen) atoms. The van der Waals surface area contributed by atoms with Crippen molar-refractivity contribution in [1.82, 2.24) is 4.57 Å². The summed E-state index contributed by atoms with van der Waals surface area (Å²) in [6.07, 6.45) is 0. The largest absolute Gasteiger partial charge is 0.456 e. The van der Waals surface area contributed by atoms with E-state index in [9.17, 15) is 0 Å². The fraction of sp³-hybridized carbons (Fsp3) is 0. The van der Waals surface area contributed by atoms with Crippen LogP contribution in [-0.4, -0.2) is 4.57 Å². The minimum Gasteiger partial charge on any atom is -0.456 e. The Morgan fingerprint density at radius 3 is 1.96 bits per heavy atom. The minimum atomic E-state index is 0.882. The van der Waals surface area contributed by atoms with Crippen LogP contribution in [-0.2, 0) is 0 Å². The van der Waals surface area contributed by atoms with Gasteiger partial charge in [-0.3, -0.25) is 0 Å². The minimum absolute atomic E-state index is 0.882. The quantitative estimate of drug-likeness (QED) is 0.172. The van der Waals surface area contributed by atoms with E-state index in [0.717, 1.165) is 50.1 Å². The van der Waals surface area contributed by atoms with E-state index in [0.29, 0.717) is 0 Å². The summed E-state index contributed by atoms with van der Waals surface area (Å²) in [5.41, 5.74) is 13.3. The van der Waals surface area contributed by atoms with Crippen molar-refractivity contribution in [2.24, 2.45) is 0 Å². The number of furan rings is 1. The molecular formula is C52H34N2O. The fourth-order valence-electron chi connectivity index (χ4n) is 8.47. The fourth-order valence-corrected chi connectivity index (χ4v) is 8.47. The molecule has 0 atom stereocenters. The van der Waals surface area contributed by atoms with E-state index in [1.165, 1.54) is 49.4 Å². The van der Waals surface area contributed by atoms with E-state index in [1.807, 2.05) is 12.1 Å². The topological polar surface area (TPSA) is 21.3 Å². The zero-order valence-corrected chi connectivity index (χ0v) is 29.9. The van der Waals surface area contributed by atoms with Crippen LogP contribution < -0.4 is 4.90 Å². The number of aromatic nitrogens is 1. The molecule has 0 fully saturated rings. The molecule has 11 rings (SSSR count). The van der Waals surface area contributed by atoms with E-state index < -0.39 is 0 Å². The van der Waals surface area contributed by atoms with Crippen LogP contribution in [0.2, 0.25) is 0 Å². The van der Waals surface area contributed by atoms with Crippen molar-refractivity contribution >= 4 is 71.6 Å². The maximum Gasteiger partial charge on any atom is 0.135 e. The van der Waals surface area contributed by atoms with Gasteiger partial charge in [0.2, 0.25) is 0 Å². The first-order valence-electron chi connectivity index (χ1n) is 18.8. The van der Waals surface area contributed by atoms with Crippen LogP contribution in [0.4, 0.5) is 17.1 Å². The van der Waals surface area contributed by atoms with Crippen LogP contribution in [0.15, 0.2) is 211 Å². The van der Waals surface area contributed by atoms with Crippen LogP contribution in [0, 0.1) is 0 Å². The number of hydrogen-bond donors (Lipinski definition) is 0. The third-order valence-corrected chi connectivity index (χ3v) is 11.0. The Kier molecular flexibility index (Phi) is 7.17. The van der Waals surface area contributed by atoms with E-state index in [1.54, 1.807) is 0 Å². The third-order valence-electron chi connectivity index (χ3n) is 11.0. The van der Waals surface area contributed by atoms with Gasteiger partial charge < -0.3 is 13.9 Å². The second-order valence-corrected chi connectivity index (χ2v) is 14.1. The van der Waals surface area contributed by atoms with Gasteiger partial charge in [0.15, 0.2) is 0 Å². The smallest absolute Gasteiger partial charge is 0.135 e. The number of hydrogen-bond acceptors (Lipinski definition) is 2. The molecule has 0 bridgehead atoms. The highest BCUT2D eigenvalue weighted by atomic mass is 16.3. The molecule has 11 aromatic rings. The lowest BCUT2D eigenvalue weighted by molar-refractivity contribution is 0.669. The Labute approximate surface area is 318 Å². The zero-order valence-electron chi connectivity index (χ0n) is 29.9. The molecule has 258 valence electrons. The van der Waals surface area contributed by atoms with Gasteiger partial charge in [-0.2, -0.15) is 0 Å². The average Bonchev–Trinajstić information content (AvgIpc) is 3.80. The average molecular weight is 703 g/mol. The van der Waals surface area contributed by atoms with Gasteiger partial charge in [0.25, 0.3) is 0 Å². The Morgan fingerprint density at radius 2 is 1.07 bits per heavy atom. The highest BCUT2D eigenvalue weighted by molar-refractivity contribution is 6.21. The summed E-state index contributed by atoms with van der Waals surface area (Å²) >= 11 is 0. The van der Waals surface area contributed by atoms with Crippen LogP contribution in [0.1, 0.15) is 0 Å².